The molecule has 2 aliphatic carbocycles. The summed E-state index contributed by atoms with van der Waals surface area (Å²) in [6.07, 6.45) is 0. The van der Waals surface area contributed by atoms with Crippen LogP contribution in [0.1, 0.15) is 0 Å². The van der Waals surface area contributed by atoms with Gasteiger partial charge in [-0.25, -0.2) is 4.98 Å². The zero-order chi connectivity index (χ0) is 9.26. The molecule has 3 rings (SSSR count). The number of aromatic nitrogens is 1. The van der Waals surface area contributed by atoms with Crippen LogP contribution < -0.4 is 5.73 Å². The van der Waals surface area contributed by atoms with Crippen LogP contribution in [0.3, 0.4) is 0 Å². The number of thiazole rings is 1. The third-order valence-corrected chi connectivity index (χ3v) is 2.71. The largest absolute Gasteiger partial charge is 0.375 e. The summed E-state index contributed by atoms with van der Waals surface area (Å²) in [6, 6.07) is 8.48. The van der Waals surface area contributed by atoms with Gasteiger partial charge in [0.1, 0.15) is 5.15 Å². The Bertz CT molecular complexity index is 440. The van der Waals surface area contributed by atoms with Gasteiger partial charge in [-0.3, -0.25) is 0 Å². The van der Waals surface area contributed by atoms with Crippen molar-refractivity contribution in [2.24, 2.45) is 0 Å². The quantitative estimate of drug-likeness (QED) is 0.620. The molecule has 0 saturated carbocycles. The average molecular weight is 211 g/mol. The van der Waals surface area contributed by atoms with Gasteiger partial charge in [-0.15, -0.1) is 11.3 Å². The monoisotopic (exact) mass is 210 g/mol. The molecule has 4 heteroatoms. The van der Waals surface area contributed by atoms with Crippen molar-refractivity contribution in [1.82, 2.24) is 4.98 Å². The second-order valence-corrected chi connectivity index (χ2v) is 3.86. The van der Waals surface area contributed by atoms with E-state index in [1.807, 2.05) is 0 Å². The van der Waals surface area contributed by atoms with E-state index in [9.17, 15) is 0 Å². The lowest BCUT2D eigenvalue weighted by Crippen LogP contribution is -1.80. The maximum atomic E-state index is 5.38. The van der Waals surface area contributed by atoms with Gasteiger partial charge in [-0.05, 0) is 10.4 Å². The summed E-state index contributed by atoms with van der Waals surface area (Å²) in [5, 5.41) is 5.54. The number of halogens is 1. The van der Waals surface area contributed by atoms with Gasteiger partial charge in [-0.1, -0.05) is 35.9 Å². The first kappa shape index (κ1) is 8.53. The minimum absolute atomic E-state index is 0.475. The Kier molecular flexibility index (Phi) is 2.20. The van der Waals surface area contributed by atoms with Gasteiger partial charge < -0.3 is 5.73 Å². The van der Waals surface area contributed by atoms with Crippen molar-refractivity contribution in [2.45, 2.75) is 0 Å². The van der Waals surface area contributed by atoms with Crippen molar-refractivity contribution in [3.05, 3.63) is 45.2 Å². The van der Waals surface area contributed by atoms with Crippen molar-refractivity contribution in [3.63, 3.8) is 0 Å². The van der Waals surface area contributed by atoms with Gasteiger partial charge in [0.15, 0.2) is 5.13 Å². The summed E-state index contributed by atoms with van der Waals surface area (Å²) in [5.74, 6) is 0. The van der Waals surface area contributed by atoms with E-state index in [4.69, 9.17) is 17.3 Å². The Hall–Kier alpha value is -1.06. The third kappa shape index (κ3) is 1.82. The molecule has 0 radical (unpaired) electrons. The number of nitrogens with zero attached hydrogens (tertiary/aromatic N) is 1. The van der Waals surface area contributed by atoms with Crippen LogP contribution in [0.15, 0.2) is 29.6 Å². The fourth-order valence-electron chi connectivity index (χ4n) is 0.930. The van der Waals surface area contributed by atoms with E-state index in [1.165, 1.54) is 21.8 Å². The lowest BCUT2D eigenvalue weighted by atomic mass is 10.1. The van der Waals surface area contributed by atoms with Crippen molar-refractivity contribution < 1.29 is 0 Å². The highest BCUT2D eigenvalue weighted by Gasteiger charge is 1.89. The summed E-state index contributed by atoms with van der Waals surface area (Å²) in [4.78, 5) is 3.67. The van der Waals surface area contributed by atoms with Gasteiger partial charge in [0.2, 0.25) is 0 Å². The maximum Gasteiger partial charge on any atom is 0.181 e. The zero-order valence-corrected chi connectivity index (χ0v) is 8.27. The van der Waals surface area contributed by atoms with Crippen LogP contribution in [0, 0.1) is 10.4 Å². The number of hydrogen-bond donors (Lipinski definition) is 1. The number of nitrogen functional groups attached to an aromatic ring is 1. The fraction of sp³-hybridized carbons (Fsp3) is 0. The topological polar surface area (TPSA) is 38.9 Å². The molecule has 2 N–H and O–H groups in total. The highest BCUT2D eigenvalue weighted by atomic mass is 35.5. The summed E-state index contributed by atoms with van der Waals surface area (Å²) < 4.78 is 0. The average Bonchev–Trinajstić information content (AvgIpc) is 2.43. The van der Waals surface area contributed by atoms with Crippen LogP contribution in [-0.4, -0.2) is 4.98 Å². The van der Waals surface area contributed by atoms with Gasteiger partial charge in [0.25, 0.3) is 0 Å². The minimum atomic E-state index is 0.475. The minimum Gasteiger partial charge on any atom is -0.375 e. The highest BCUT2D eigenvalue weighted by molar-refractivity contribution is 7.13. The first-order valence-electron chi connectivity index (χ1n) is 3.72. The molecule has 1 heterocycles. The molecule has 1 aromatic rings. The summed E-state index contributed by atoms with van der Waals surface area (Å²) in [5.41, 5.74) is 5.20. The van der Waals surface area contributed by atoms with Crippen molar-refractivity contribution in [3.8, 4) is 0 Å². The van der Waals surface area contributed by atoms with Gasteiger partial charge in [0.05, 0.1) is 0 Å². The van der Waals surface area contributed by atoms with Crippen LogP contribution in [-0.2, 0) is 0 Å². The number of nitrogens with two attached hydrogens (primary N) is 1. The molecule has 2 aliphatic rings. The molecule has 0 unspecified atom stereocenters. The standard InChI is InChI=1S/C6H4.C3H3ClN2S/c1-2-6-4-3-5(1)6;4-2-1-7-3(5)6-2/h1-4H;1H,(H2,5,6). The number of hydrogen-bond acceptors (Lipinski definition) is 3. The molecule has 0 atom stereocenters. The molecule has 0 bridgehead atoms. The van der Waals surface area contributed by atoms with Crippen molar-refractivity contribution >= 4 is 28.1 Å². The molecule has 0 saturated heterocycles. The predicted molar refractivity (Wildman–Crippen MR) is 55.7 cm³/mol. The lowest BCUT2D eigenvalue weighted by molar-refractivity contribution is 1.38. The van der Waals surface area contributed by atoms with E-state index in [0.717, 1.165) is 0 Å². The molecule has 0 amide bonds. The summed E-state index contributed by atoms with van der Waals surface area (Å²) in [6.45, 7) is 0. The van der Waals surface area contributed by atoms with E-state index in [1.54, 1.807) is 5.38 Å². The number of rotatable bonds is 0. The number of benzene rings is 1. The summed E-state index contributed by atoms with van der Waals surface area (Å²) >= 11 is 6.72. The highest BCUT2D eigenvalue weighted by Crippen LogP contribution is 2.14. The first-order chi connectivity index (χ1) is 6.25. The lowest BCUT2D eigenvalue weighted by Gasteiger charge is -1.95. The Labute approximate surface area is 84.3 Å². The molecule has 1 aromatic heterocycles. The molecule has 0 aromatic carbocycles. The van der Waals surface area contributed by atoms with Gasteiger partial charge in [-0.2, -0.15) is 0 Å². The molecule has 0 aliphatic heterocycles. The molecule has 13 heavy (non-hydrogen) atoms. The Morgan fingerprint density at radius 2 is 1.69 bits per heavy atom. The van der Waals surface area contributed by atoms with Crippen molar-refractivity contribution in [2.75, 3.05) is 5.73 Å². The smallest absolute Gasteiger partial charge is 0.181 e. The maximum absolute atomic E-state index is 5.38. The summed E-state index contributed by atoms with van der Waals surface area (Å²) in [7, 11) is 0. The van der Waals surface area contributed by atoms with Crippen molar-refractivity contribution in [1.29, 1.82) is 0 Å². The molecule has 0 fully saturated rings. The zero-order valence-electron chi connectivity index (χ0n) is 6.70. The Morgan fingerprint density at radius 3 is 1.77 bits per heavy atom. The number of anilines is 1. The molecule has 2 nitrogen and oxygen atoms in total. The SMILES string of the molecule is Nc1nc(Cl)cs1.c1cc2ccc1=2. The molecular formula is C9H7ClN2S. The Balaban J connectivity index is 0.000000101. The first-order valence-corrected chi connectivity index (χ1v) is 4.98. The van der Waals surface area contributed by atoms with E-state index < -0.39 is 0 Å². The van der Waals surface area contributed by atoms with Crippen LogP contribution in [0.4, 0.5) is 5.13 Å². The molecular weight excluding hydrogens is 204 g/mol. The normalized spacial score (nSPS) is 10.2. The molecule has 66 valence electrons. The van der Waals surface area contributed by atoms with Gasteiger partial charge >= 0.3 is 0 Å². The van der Waals surface area contributed by atoms with Crippen LogP contribution >= 0.6 is 22.9 Å². The Morgan fingerprint density at radius 1 is 1.15 bits per heavy atom. The fourth-order valence-corrected chi connectivity index (χ4v) is 1.63. The molecule has 0 spiro atoms. The van der Waals surface area contributed by atoms with E-state index in [-0.39, 0.29) is 0 Å². The van der Waals surface area contributed by atoms with E-state index in [2.05, 4.69) is 29.2 Å². The van der Waals surface area contributed by atoms with Crippen LogP contribution in [0.5, 0.6) is 0 Å². The van der Waals surface area contributed by atoms with Gasteiger partial charge in [0, 0.05) is 5.38 Å². The predicted octanol–water partition coefficient (Wildman–Crippen LogP) is 2.67. The second-order valence-electron chi connectivity index (χ2n) is 2.59. The van der Waals surface area contributed by atoms with Crippen LogP contribution in [0.25, 0.3) is 0 Å². The van der Waals surface area contributed by atoms with E-state index in [0.29, 0.717) is 10.3 Å². The van der Waals surface area contributed by atoms with Crippen LogP contribution in [0.2, 0.25) is 5.15 Å². The van der Waals surface area contributed by atoms with E-state index >= 15 is 0 Å². The second kappa shape index (κ2) is 3.36. The third-order valence-electron chi connectivity index (χ3n) is 1.71.